The van der Waals surface area contributed by atoms with Gasteiger partial charge in [-0.25, -0.2) is 4.98 Å². The summed E-state index contributed by atoms with van der Waals surface area (Å²) in [4.78, 5) is 4.36. The monoisotopic (exact) mass is 237 g/mol. The fourth-order valence-corrected chi connectivity index (χ4v) is 1.34. The Morgan fingerprint density at radius 1 is 1.24 bits per heavy atom. The molecule has 0 aliphatic heterocycles. The predicted octanol–water partition coefficient (Wildman–Crippen LogP) is 2.60. The van der Waals surface area contributed by atoms with Gasteiger partial charge < -0.3 is 15.4 Å². The van der Waals surface area contributed by atoms with Gasteiger partial charge in [0.05, 0.1) is 6.61 Å². The Morgan fingerprint density at radius 3 is 2.71 bits per heavy atom. The molecule has 1 aromatic heterocycles. The molecule has 2 N–H and O–H groups in total. The highest BCUT2D eigenvalue weighted by Crippen LogP contribution is 2.07. The molecular weight excluding hydrogens is 214 g/mol. The molecule has 4 heteroatoms. The van der Waals surface area contributed by atoms with Crippen molar-refractivity contribution in [3.8, 4) is 0 Å². The maximum atomic E-state index is 5.52. The van der Waals surface area contributed by atoms with Gasteiger partial charge in [-0.3, -0.25) is 0 Å². The SMILES string of the molecule is CNc1cccc(NCCOCCC(C)C)n1. The Balaban J connectivity index is 2.13. The first-order valence-corrected chi connectivity index (χ1v) is 6.19. The van der Waals surface area contributed by atoms with Crippen molar-refractivity contribution in [3.05, 3.63) is 18.2 Å². The molecule has 4 nitrogen and oxygen atoms in total. The number of rotatable bonds is 8. The van der Waals surface area contributed by atoms with Crippen LogP contribution >= 0.6 is 0 Å². The number of nitrogens with one attached hydrogen (secondary N) is 2. The smallest absolute Gasteiger partial charge is 0.128 e. The number of nitrogens with zero attached hydrogens (tertiary/aromatic N) is 1. The normalized spacial score (nSPS) is 10.6. The molecule has 0 unspecified atom stereocenters. The summed E-state index contributed by atoms with van der Waals surface area (Å²) >= 11 is 0. The molecule has 0 amide bonds. The van der Waals surface area contributed by atoms with E-state index in [2.05, 4.69) is 29.5 Å². The van der Waals surface area contributed by atoms with E-state index in [1.807, 2.05) is 25.2 Å². The number of ether oxygens (including phenoxy) is 1. The van der Waals surface area contributed by atoms with Crippen molar-refractivity contribution in [1.82, 2.24) is 4.98 Å². The number of hydrogen-bond donors (Lipinski definition) is 2. The average molecular weight is 237 g/mol. The van der Waals surface area contributed by atoms with Crippen molar-refractivity contribution in [2.75, 3.05) is 37.4 Å². The Bertz CT molecular complexity index is 315. The van der Waals surface area contributed by atoms with E-state index in [1.54, 1.807) is 0 Å². The van der Waals surface area contributed by atoms with E-state index in [9.17, 15) is 0 Å². The molecule has 0 radical (unpaired) electrons. The molecule has 0 atom stereocenters. The van der Waals surface area contributed by atoms with Crippen molar-refractivity contribution in [1.29, 1.82) is 0 Å². The molecule has 0 aliphatic rings. The van der Waals surface area contributed by atoms with Gasteiger partial charge in [0, 0.05) is 20.2 Å². The van der Waals surface area contributed by atoms with Crippen molar-refractivity contribution in [3.63, 3.8) is 0 Å². The number of anilines is 2. The maximum Gasteiger partial charge on any atom is 0.128 e. The highest BCUT2D eigenvalue weighted by molar-refractivity contribution is 5.44. The van der Waals surface area contributed by atoms with Gasteiger partial charge in [-0.2, -0.15) is 0 Å². The fraction of sp³-hybridized carbons (Fsp3) is 0.615. The van der Waals surface area contributed by atoms with Crippen molar-refractivity contribution < 1.29 is 4.74 Å². The minimum atomic E-state index is 0.705. The van der Waals surface area contributed by atoms with Crippen molar-refractivity contribution in [2.24, 2.45) is 5.92 Å². The second-order valence-electron chi connectivity index (χ2n) is 4.38. The first-order valence-electron chi connectivity index (χ1n) is 6.19. The Morgan fingerprint density at radius 2 is 2.00 bits per heavy atom. The number of aromatic nitrogens is 1. The summed E-state index contributed by atoms with van der Waals surface area (Å²) in [5.74, 6) is 2.46. The lowest BCUT2D eigenvalue weighted by molar-refractivity contribution is 0.132. The van der Waals surface area contributed by atoms with Crippen LogP contribution < -0.4 is 10.6 Å². The topological polar surface area (TPSA) is 46.2 Å². The molecule has 96 valence electrons. The molecule has 0 spiro atoms. The molecular formula is C13H23N3O. The van der Waals surface area contributed by atoms with Crippen LogP contribution in [0, 0.1) is 5.92 Å². The molecule has 1 heterocycles. The van der Waals surface area contributed by atoms with Gasteiger partial charge in [-0.15, -0.1) is 0 Å². The van der Waals surface area contributed by atoms with E-state index in [1.165, 1.54) is 0 Å². The van der Waals surface area contributed by atoms with Crippen LogP contribution in [0.2, 0.25) is 0 Å². The van der Waals surface area contributed by atoms with Gasteiger partial charge in [-0.05, 0) is 24.5 Å². The highest BCUT2D eigenvalue weighted by Gasteiger charge is 1.96. The Kier molecular flexibility index (Phi) is 6.40. The summed E-state index contributed by atoms with van der Waals surface area (Å²) in [7, 11) is 1.86. The van der Waals surface area contributed by atoms with Gasteiger partial charge in [0.25, 0.3) is 0 Å². The van der Waals surface area contributed by atoms with Crippen molar-refractivity contribution in [2.45, 2.75) is 20.3 Å². The molecule has 0 fully saturated rings. The zero-order valence-corrected chi connectivity index (χ0v) is 11.0. The highest BCUT2D eigenvalue weighted by atomic mass is 16.5. The van der Waals surface area contributed by atoms with E-state index >= 15 is 0 Å². The zero-order chi connectivity index (χ0) is 12.5. The van der Waals surface area contributed by atoms with Crippen LogP contribution in [-0.2, 0) is 4.74 Å². The quantitative estimate of drug-likeness (QED) is 0.682. The van der Waals surface area contributed by atoms with Gasteiger partial charge in [0.15, 0.2) is 0 Å². The first-order chi connectivity index (χ1) is 8.22. The van der Waals surface area contributed by atoms with E-state index in [-0.39, 0.29) is 0 Å². The number of pyridine rings is 1. The van der Waals surface area contributed by atoms with Gasteiger partial charge >= 0.3 is 0 Å². The van der Waals surface area contributed by atoms with Gasteiger partial charge in [0.2, 0.25) is 0 Å². The lowest BCUT2D eigenvalue weighted by Gasteiger charge is -2.08. The van der Waals surface area contributed by atoms with Crippen LogP contribution in [0.3, 0.4) is 0 Å². The second-order valence-corrected chi connectivity index (χ2v) is 4.38. The summed E-state index contributed by atoms with van der Waals surface area (Å²) in [5.41, 5.74) is 0. The molecule has 1 rings (SSSR count). The zero-order valence-electron chi connectivity index (χ0n) is 11.0. The minimum absolute atomic E-state index is 0.705. The molecule has 17 heavy (non-hydrogen) atoms. The third-order valence-corrected chi connectivity index (χ3v) is 2.40. The van der Waals surface area contributed by atoms with Crippen LogP contribution in [0.5, 0.6) is 0 Å². The van der Waals surface area contributed by atoms with E-state index < -0.39 is 0 Å². The maximum absolute atomic E-state index is 5.52. The lowest BCUT2D eigenvalue weighted by Crippen LogP contribution is -2.11. The molecule has 0 aromatic carbocycles. The number of hydrogen-bond acceptors (Lipinski definition) is 4. The molecule has 0 bridgehead atoms. The minimum Gasteiger partial charge on any atom is -0.380 e. The first kappa shape index (κ1) is 13.8. The fourth-order valence-electron chi connectivity index (χ4n) is 1.34. The second kappa shape index (κ2) is 7.90. The van der Waals surface area contributed by atoms with Crippen LogP contribution in [-0.4, -0.2) is 31.8 Å². The van der Waals surface area contributed by atoms with Crippen LogP contribution in [0.15, 0.2) is 18.2 Å². The summed E-state index contributed by atoms with van der Waals surface area (Å²) in [6, 6.07) is 5.86. The molecule has 0 saturated carbocycles. The van der Waals surface area contributed by atoms with Gasteiger partial charge in [0.1, 0.15) is 11.6 Å². The van der Waals surface area contributed by atoms with Crippen LogP contribution in [0.4, 0.5) is 11.6 Å². The standard InChI is InChI=1S/C13H23N3O/c1-11(2)7-9-17-10-8-15-13-6-4-5-12(14-3)16-13/h4-6,11H,7-10H2,1-3H3,(H2,14,15,16). The van der Waals surface area contributed by atoms with E-state index in [0.29, 0.717) is 5.92 Å². The molecule has 0 aliphatic carbocycles. The lowest BCUT2D eigenvalue weighted by atomic mass is 10.1. The van der Waals surface area contributed by atoms with Gasteiger partial charge in [-0.1, -0.05) is 19.9 Å². The summed E-state index contributed by atoms with van der Waals surface area (Å²) < 4.78 is 5.52. The van der Waals surface area contributed by atoms with Crippen LogP contribution in [0.25, 0.3) is 0 Å². The van der Waals surface area contributed by atoms with E-state index in [0.717, 1.165) is 37.8 Å². The summed E-state index contributed by atoms with van der Waals surface area (Å²) in [6.45, 7) is 6.75. The largest absolute Gasteiger partial charge is 0.380 e. The van der Waals surface area contributed by atoms with Crippen LogP contribution in [0.1, 0.15) is 20.3 Å². The Labute approximate surface area is 104 Å². The molecule has 0 saturated heterocycles. The van der Waals surface area contributed by atoms with E-state index in [4.69, 9.17) is 4.74 Å². The molecule has 1 aromatic rings. The average Bonchev–Trinajstić information content (AvgIpc) is 2.33. The van der Waals surface area contributed by atoms with Crippen molar-refractivity contribution >= 4 is 11.6 Å². The Hall–Kier alpha value is -1.29. The third kappa shape index (κ3) is 6.12. The predicted molar refractivity (Wildman–Crippen MR) is 72.5 cm³/mol. The summed E-state index contributed by atoms with van der Waals surface area (Å²) in [6.07, 6.45) is 1.12. The summed E-state index contributed by atoms with van der Waals surface area (Å²) in [5, 5.41) is 6.24. The third-order valence-electron chi connectivity index (χ3n) is 2.40.